The lowest BCUT2D eigenvalue weighted by Gasteiger charge is -2.14. The molecule has 0 fully saturated rings. The van der Waals surface area contributed by atoms with Gasteiger partial charge in [0.2, 0.25) is 0 Å². The molecule has 94 valence electrons. The lowest BCUT2D eigenvalue weighted by Crippen LogP contribution is -2.17. The predicted molar refractivity (Wildman–Crippen MR) is 83.5 cm³/mol. The third-order valence-corrected chi connectivity index (χ3v) is 3.90. The summed E-state index contributed by atoms with van der Waals surface area (Å²) in [5, 5.41) is 3.53. The number of benzene rings is 2. The van der Waals surface area contributed by atoms with E-state index in [4.69, 9.17) is 0 Å². The molecule has 2 rings (SSSR count). The Bertz CT molecular complexity index is 508. The summed E-state index contributed by atoms with van der Waals surface area (Å²) in [5.41, 5.74) is 2.58. The zero-order valence-electron chi connectivity index (χ0n) is 10.2. The van der Waals surface area contributed by atoms with Crippen molar-refractivity contribution in [2.45, 2.75) is 19.5 Å². The Morgan fingerprint density at radius 3 is 2.39 bits per heavy atom. The fraction of sp³-hybridized carbons (Fsp3) is 0.200. The van der Waals surface area contributed by atoms with Crippen LogP contribution in [0.15, 0.2) is 57.5 Å². The normalized spacial score (nSPS) is 12.4. The summed E-state index contributed by atoms with van der Waals surface area (Å²) in [5.74, 6) is 0. The van der Waals surface area contributed by atoms with Gasteiger partial charge in [-0.25, -0.2) is 0 Å². The summed E-state index contributed by atoms with van der Waals surface area (Å²) in [6.07, 6.45) is 0. The molecule has 0 aromatic heterocycles. The molecule has 0 heterocycles. The van der Waals surface area contributed by atoms with Crippen molar-refractivity contribution in [3.05, 3.63) is 68.6 Å². The quantitative estimate of drug-likeness (QED) is 0.794. The third-order valence-electron chi connectivity index (χ3n) is 2.87. The number of hydrogen-bond donors (Lipinski definition) is 1. The highest BCUT2D eigenvalue weighted by Gasteiger charge is 2.04. The Morgan fingerprint density at radius 1 is 1.00 bits per heavy atom. The third kappa shape index (κ3) is 3.94. The largest absolute Gasteiger partial charge is 0.306 e. The molecule has 3 heteroatoms. The van der Waals surface area contributed by atoms with E-state index in [1.54, 1.807) is 0 Å². The van der Waals surface area contributed by atoms with E-state index < -0.39 is 0 Å². The van der Waals surface area contributed by atoms with E-state index in [-0.39, 0.29) is 0 Å². The van der Waals surface area contributed by atoms with E-state index in [9.17, 15) is 0 Å². The highest BCUT2D eigenvalue weighted by Crippen LogP contribution is 2.18. The fourth-order valence-electron chi connectivity index (χ4n) is 1.77. The van der Waals surface area contributed by atoms with Gasteiger partial charge in [-0.15, -0.1) is 0 Å². The first kappa shape index (κ1) is 13.8. The van der Waals surface area contributed by atoms with Gasteiger partial charge in [0.05, 0.1) is 0 Å². The lowest BCUT2D eigenvalue weighted by atomic mass is 10.1. The monoisotopic (exact) mass is 367 g/mol. The first-order chi connectivity index (χ1) is 8.65. The second-order valence-corrected chi connectivity index (χ2v) is 6.12. The average molecular weight is 369 g/mol. The highest BCUT2D eigenvalue weighted by molar-refractivity contribution is 9.10. The van der Waals surface area contributed by atoms with Crippen molar-refractivity contribution in [3.63, 3.8) is 0 Å². The molecule has 1 nitrogen and oxygen atoms in total. The second-order valence-electron chi connectivity index (χ2n) is 4.28. The fourth-order valence-corrected chi connectivity index (χ4v) is 2.45. The van der Waals surface area contributed by atoms with Crippen LogP contribution in [0.1, 0.15) is 24.1 Å². The van der Waals surface area contributed by atoms with Crippen LogP contribution in [0.2, 0.25) is 0 Å². The van der Waals surface area contributed by atoms with Crippen LogP contribution in [0.25, 0.3) is 0 Å². The van der Waals surface area contributed by atoms with Gasteiger partial charge < -0.3 is 5.32 Å². The Hall–Kier alpha value is -0.640. The Labute approximate surface area is 125 Å². The van der Waals surface area contributed by atoms with Gasteiger partial charge in [-0.2, -0.15) is 0 Å². The van der Waals surface area contributed by atoms with E-state index in [1.807, 2.05) is 6.07 Å². The molecule has 0 aliphatic rings. The maximum absolute atomic E-state index is 3.53. The molecule has 0 unspecified atom stereocenters. The van der Waals surface area contributed by atoms with Crippen LogP contribution >= 0.6 is 31.9 Å². The van der Waals surface area contributed by atoms with Crippen LogP contribution < -0.4 is 5.32 Å². The molecule has 0 radical (unpaired) electrons. The molecule has 18 heavy (non-hydrogen) atoms. The number of hydrogen-bond acceptors (Lipinski definition) is 1. The highest BCUT2D eigenvalue weighted by atomic mass is 79.9. The SMILES string of the molecule is C[C@H](NCc1ccc(Br)cc1)c1cccc(Br)c1. The zero-order valence-corrected chi connectivity index (χ0v) is 13.3. The number of halogens is 2. The zero-order chi connectivity index (χ0) is 13.0. The first-order valence-electron chi connectivity index (χ1n) is 5.88. The van der Waals surface area contributed by atoms with Crippen LogP contribution in [-0.4, -0.2) is 0 Å². The Balaban J connectivity index is 1.96. The van der Waals surface area contributed by atoms with Gasteiger partial charge in [-0.1, -0.05) is 56.1 Å². The first-order valence-corrected chi connectivity index (χ1v) is 7.47. The molecule has 0 aliphatic carbocycles. The van der Waals surface area contributed by atoms with Crippen LogP contribution in [0.3, 0.4) is 0 Å². The smallest absolute Gasteiger partial charge is 0.0295 e. The summed E-state index contributed by atoms with van der Waals surface area (Å²) in [7, 11) is 0. The van der Waals surface area contributed by atoms with Crippen LogP contribution in [0, 0.1) is 0 Å². The summed E-state index contributed by atoms with van der Waals surface area (Å²) in [4.78, 5) is 0. The van der Waals surface area contributed by atoms with Crippen molar-refractivity contribution in [3.8, 4) is 0 Å². The molecular weight excluding hydrogens is 354 g/mol. The van der Waals surface area contributed by atoms with Gasteiger partial charge in [0, 0.05) is 21.5 Å². The molecule has 1 N–H and O–H groups in total. The van der Waals surface area contributed by atoms with Gasteiger partial charge in [0.15, 0.2) is 0 Å². The van der Waals surface area contributed by atoms with Gasteiger partial charge in [0.1, 0.15) is 0 Å². The molecule has 0 aliphatic heterocycles. The van der Waals surface area contributed by atoms with Gasteiger partial charge in [-0.3, -0.25) is 0 Å². The molecule has 2 aromatic rings. The minimum atomic E-state index is 0.339. The number of nitrogens with one attached hydrogen (secondary N) is 1. The molecule has 0 saturated carbocycles. The lowest BCUT2D eigenvalue weighted by molar-refractivity contribution is 0.574. The van der Waals surface area contributed by atoms with E-state index in [2.05, 4.69) is 86.6 Å². The molecule has 0 bridgehead atoms. The minimum Gasteiger partial charge on any atom is -0.306 e. The molecule has 0 spiro atoms. The van der Waals surface area contributed by atoms with Crippen molar-refractivity contribution in [2.75, 3.05) is 0 Å². The summed E-state index contributed by atoms with van der Waals surface area (Å²) < 4.78 is 2.24. The topological polar surface area (TPSA) is 12.0 Å². The van der Waals surface area contributed by atoms with Crippen molar-refractivity contribution in [1.82, 2.24) is 5.32 Å². The van der Waals surface area contributed by atoms with E-state index >= 15 is 0 Å². The van der Waals surface area contributed by atoms with Crippen molar-refractivity contribution in [1.29, 1.82) is 0 Å². The van der Waals surface area contributed by atoms with Crippen molar-refractivity contribution < 1.29 is 0 Å². The van der Waals surface area contributed by atoms with Crippen LogP contribution in [0.5, 0.6) is 0 Å². The average Bonchev–Trinajstić information content (AvgIpc) is 2.38. The standard InChI is InChI=1S/C15H15Br2N/c1-11(13-3-2-4-15(17)9-13)18-10-12-5-7-14(16)8-6-12/h2-9,11,18H,10H2,1H3/t11-/m0/s1. The van der Waals surface area contributed by atoms with Crippen molar-refractivity contribution >= 4 is 31.9 Å². The molecular formula is C15H15Br2N. The van der Waals surface area contributed by atoms with Gasteiger partial charge in [-0.05, 0) is 42.3 Å². The van der Waals surface area contributed by atoms with Gasteiger partial charge in [0.25, 0.3) is 0 Å². The molecule has 0 amide bonds. The van der Waals surface area contributed by atoms with E-state index in [0.29, 0.717) is 6.04 Å². The van der Waals surface area contributed by atoms with Gasteiger partial charge >= 0.3 is 0 Å². The minimum absolute atomic E-state index is 0.339. The Kier molecular flexibility index (Phi) is 4.98. The summed E-state index contributed by atoms with van der Waals surface area (Å²) in [6.45, 7) is 3.06. The molecule has 1 atom stereocenters. The van der Waals surface area contributed by atoms with Crippen molar-refractivity contribution in [2.24, 2.45) is 0 Å². The molecule has 0 saturated heterocycles. The maximum Gasteiger partial charge on any atom is 0.0295 e. The van der Waals surface area contributed by atoms with Crippen LogP contribution in [-0.2, 0) is 6.54 Å². The summed E-state index contributed by atoms with van der Waals surface area (Å²) >= 11 is 6.95. The second kappa shape index (κ2) is 6.50. The number of rotatable bonds is 4. The van der Waals surface area contributed by atoms with E-state index in [0.717, 1.165) is 15.5 Å². The Morgan fingerprint density at radius 2 is 1.72 bits per heavy atom. The summed E-state index contributed by atoms with van der Waals surface area (Å²) in [6, 6.07) is 17.1. The van der Waals surface area contributed by atoms with E-state index in [1.165, 1.54) is 11.1 Å². The maximum atomic E-state index is 3.53. The molecule has 2 aromatic carbocycles. The van der Waals surface area contributed by atoms with Crippen LogP contribution in [0.4, 0.5) is 0 Å². The predicted octanol–water partition coefficient (Wildman–Crippen LogP) is 5.06.